The van der Waals surface area contributed by atoms with Gasteiger partial charge in [-0.05, 0) is 24.6 Å². The standard InChI is InChI=1S/C17H13F3O4/c1-10(21)12-7-13(16(22)23)15(8-14(12)17(18,19)20)24-9-11-5-3-2-4-6-11/h2-8H,9H2,1H3,(H,22,23). The van der Waals surface area contributed by atoms with Crippen molar-refractivity contribution in [3.05, 3.63) is 64.7 Å². The number of rotatable bonds is 5. The van der Waals surface area contributed by atoms with E-state index in [0.717, 1.165) is 6.92 Å². The van der Waals surface area contributed by atoms with Gasteiger partial charge < -0.3 is 9.84 Å². The predicted octanol–water partition coefficient (Wildman–Crippen LogP) is 4.19. The van der Waals surface area contributed by atoms with E-state index in [2.05, 4.69) is 0 Å². The van der Waals surface area contributed by atoms with Crippen LogP contribution in [0.25, 0.3) is 0 Å². The van der Waals surface area contributed by atoms with E-state index in [9.17, 15) is 27.9 Å². The molecule has 7 heteroatoms. The summed E-state index contributed by atoms with van der Waals surface area (Å²) in [5, 5.41) is 9.19. The maximum atomic E-state index is 13.1. The Morgan fingerprint density at radius 3 is 2.21 bits per heavy atom. The van der Waals surface area contributed by atoms with Crippen molar-refractivity contribution in [1.29, 1.82) is 0 Å². The molecular formula is C17H13F3O4. The van der Waals surface area contributed by atoms with Crippen LogP contribution in [-0.2, 0) is 12.8 Å². The smallest absolute Gasteiger partial charge is 0.417 e. The lowest BCUT2D eigenvalue weighted by molar-refractivity contribution is -0.138. The molecule has 2 rings (SSSR count). The van der Waals surface area contributed by atoms with E-state index in [1.165, 1.54) is 0 Å². The Kier molecular flexibility index (Phi) is 4.92. The Morgan fingerprint density at radius 2 is 1.71 bits per heavy atom. The molecular weight excluding hydrogens is 325 g/mol. The molecule has 0 amide bonds. The summed E-state index contributed by atoms with van der Waals surface area (Å²) in [6.45, 7) is 0.846. The largest absolute Gasteiger partial charge is 0.488 e. The Labute approximate surface area is 135 Å². The molecule has 0 bridgehead atoms. The topological polar surface area (TPSA) is 63.6 Å². The number of aromatic carboxylic acids is 1. The average molecular weight is 338 g/mol. The van der Waals surface area contributed by atoms with Gasteiger partial charge in [-0.15, -0.1) is 0 Å². The molecule has 0 aliphatic rings. The van der Waals surface area contributed by atoms with E-state index in [4.69, 9.17) is 4.74 Å². The predicted molar refractivity (Wildman–Crippen MR) is 79.2 cm³/mol. The molecule has 0 saturated heterocycles. The molecule has 2 aromatic rings. The minimum absolute atomic E-state index is 0.0994. The van der Waals surface area contributed by atoms with Crippen molar-refractivity contribution in [3.63, 3.8) is 0 Å². The fourth-order valence-electron chi connectivity index (χ4n) is 2.13. The van der Waals surface area contributed by atoms with Crippen LogP contribution in [0.1, 0.15) is 38.8 Å². The van der Waals surface area contributed by atoms with Crippen molar-refractivity contribution in [2.75, 3.05) is 0 Å². The fraction of sp³-hybridized carbons (Fsp3) is 0.176. The summed E-state index contributed by atoms with van der Waals surface area (Å²) >= 11 is 0. The third-order valence-corrected chi connectivity index (χ3v) is 3.27. The maximum absolute atomic E-state index is 13.1. The second-order valence-electron chi connectivity index (χ2n) is 5.03. The van der Waals surface area contributed by atoms with Gasteiger partial charge in [-0.3, -0.25) is 4.79 Å². The number of carbonyl (C=O) groups excluding carboxylic acids is 1. The van der Waals surface area contributed by atoms with E-state index < -0.39 is 40.4 Å². The second kappa shape index (κ2) is 6.74. The highest BCUT2D eigenvalue weighted by molar-refractivity contribution is 6.00. The average Bonchev–Trinajstić information content (AvgIpc) is 2.52. The Hall–Kier alpha value is -2.83. The number of carboxylic acid groups (broad SMARTS) is 1. The zero-order valence-electron chi connectivity index (χ0n) is 12.6. The molecule has 1 N–H and O–H groups in total. The number of carboxylic acids is 1. The Bertz CT molecular complexity index is 767. The molecule has 0 aliphatic carbocycles. The van der Waals surface area contributed by atoms with Gasteiger partial charge in [0.15, 0.2) is 5.78 Å². The molecule has 0 radical (unpaired) electrons. The first kappa shape index (κ1) is 17.5. The van der Waals surface area contributed by atoms with Crippen LogP contribution in [0.2, 0.25) is 0 Å². The Morgan fingerprint density at radius 1 is 1.08 bits per heavy atom. The van der Waals surface area contributed by atoms with Gasteiger partial charge in [0.05, 0.1) is 5.56 Å². The van der Waals surface area contributed by atoms with Gasteiger partial charge in [0.25, 0.3) is 0 Å². The molecule has 0 unspecified atom stereocenters. The highest BCUT2D eigenvalue weighted by atomic mass is 19.4. The summed E-state index contributed by atoms with van der Waals surface area (Å²) in [6, 6.07) is 9.84. The van der Waals surface area contributed by atoms with Crippen molar-refractivity contribution in [2.45, 2.75) is 19.7 Å². The number of Topliss-reactive ketones (excluding diaryl/α,β-unsaturated/α-hetero) is 1. The number of alkyl halides is 3. The monoisotopic (exact) mass is 338 g/mol. The number of benzene rings is 2. The number of hydrogen-bond acceptors (Lipinski definition) is 3. The first-order chi connectivity index (χ1) is 11.2. The second-order valence-corrected chi connectivity index (χ2v) is 5.03. The van der Waals surface area contributed by atoms with Gasteiger partial charge in [0.2, 0.25) is 0 Å². The molecule has 0 saturated carbocycles. The SMILES string of the molecule is CC(=O)c1cc(C(=O)O)c(OCc2ccccc2)cc1C(F)(F)F. The van der Waals surface area contributed by atoms with E-state index >= 15 is 0 Å². The minimum atomic E-state index is -4.80. The first-order valence-corrected chi connectivity index (χ1v) is 6.86. The van der Waals surface area contributed by atoms with Gasteiger partial charge >= 0.3 is 12.1 Å². The molecule has 0 heterocycles. The van der Waals surface area contributed by atoms with Gasteiger partial charge in [-0.2, -0.15) is 13.2 Å². The van der Waals surface area contributed by atoms with E-state index in [1.807, 2.05) is 0 Å². The van der Waals surface area contributed by atoms with Crippen LogP contribution in [0.15, 0.2) is 42.5 Å². The molecule has 0 aromatic heterocycles. The number of ether oxygens (including phenoxy) is 1. The lowest BCUT2D eigenvalue weighted by Gasteiger charge is -2.16. The van der Waals surface area contributed by atoms with Crippen molar-refractivity contribution < 1.29 is 32.6 Å². The molecule has 0 fully saturated rings. The molecule has 0 atom stereocenters. The third-order valence-electron chi connectivity index (χ3n) is 3.27. The molecule has 24 heavy (non-hydrogen) atoms. The fourth-order valence-corrected chi connectivity index (χ4v) is 2.13. The number of halogens is 3. The number of hydrogen-bond donors (Lipinski definition) is 1. The summed E-state index contributed by atoms with van der Waals surface area (Å²) in [4.78, 5) is 22.7. The lowest BCUT2D eigenvalue weighted by atomic mass is 9.99. The lowest BCUT2D eigenvalue weighted by Crippen LogP contribution is -2.15. The van der Waals surface area contributed by atoms with Crippen LogP contribution >= 0.6 is 0 Å². The Balaban J connectivity index is 2.48. The van der Waals surface area contributed by atoms with Gasteiger partial charge in [-0.25, -0.2) is 4.79 Å². The molecule has 126 valence electrons. The summed E-state index contributed by atoms with van der Waals surface area (Å²) in [6.07, 6.45) is -4.80. The van der Waals surface area contributed by atoms with Crippen molar-refractivity contribution >= 4 is 11.8 Å². The molecule has 0 aliphatic heterocycles. The van der Waals surface area contributed by atoms with Crippen LogP contribution in [0.4, 0.5) is 13.2 Å². The van der Waals surface area contributed by atoms with Crippen molar-refractivity contribution in [3.8, 4) is 5.75 Å². The zero-order valence-corrected chi connectivity index (χ0v) is 12.6. The van der Waals surface area contributed by atoms with E-state index in [-0.39, 0.29) is 6.61 Å². The van der Waals surface area contributed by atoms with Gasteiger partial charge in [-0.1, -0.05) is 30.3 Å². The van der Waals surface area contributed by atoms with Gasteiger partial charge in [0, 0.05) is 5.56 Å². The summed E-state index contributed by atoms with van der Waals surface area (Å²) in [7, 11) is 0. The highest BCUT2D eigenvalue weighted by Crippen LogP contribution is 2.36. The first-order valence-electron chi connectivity index (χ1n) is 6.86. The number of ketones is 1. The van der Waals surface area contributed by atoms with Crippen LogP contribution < -0.4 is 4.74 Å². The summed E-state index contributed by atoms with van der Waals surface area (Å²) in [5.74, 6) is -2.79. The van der Waals surface area contributed by atoms with Crippen LogP contribution in [0.5, 0.6) is 5.75 Å². The third kappa shape index (κ3) is 3.92. The van der Waals surface area contributed by atoms with Crippen LogP contribution in [-0.4, -0.2) is 16.9 Å². The van der Waals surface area contributed by atoms with E-state index in [1.54, 1.807) is 30.3 Å². The highest BCUT2D eigenvalue weighted by Gasteiger charge is 2.36. The van der Waals surface area contributed by atoms with Crippen molar-refractivity contribution in [2.24, 2.45) is 0 Å². The number of carbonyl (C=O) groups is 2. The minimum Gasteiger partial charge on any atom is -0.488 e. The van der Waals surface area contributed by atoms with Crippen LogP contribution in [0.3, 0.4) is 0 Å². The van der Waals surface area contributed by atoms with Crippen molar-refractivity contribution in [1.82, 2.24) is 0 Å². The quantitative estimate of drug-likeness (QED) is 0.831. The normalized spacial score (nSPS) is 11.2. The maximum Gasteiger partial charge on any atom is 0.417 e. The molecule has 0 spiro atoms. The van der Waals surface area contributed by atoms with Crippen LogP contribution in [0, 0.1) is 0 Å². The van der Waals surface area contributed by atoms with E-state index in [0.29, 0.717) is 17.7 Å². The summed E-state index contributed by atoms with van der Waals surface area (Å²) < 4.78 is 44.7. The van der Waals surface area contributed by atoms with Gasteiger partial charge in [0.1, 0.15) is 17.9 Å². The summed E-state index contributed by atoms with van der Waals surface area (Å²) in [5.41, 5.74) is -1.75. The molecule has 4 nitrogen and oxygen atoms in total. The molecule has 2 aromatic carbocycles. The zero-order chi connectivity index (χ0) is 17.9.